The van der Waals surface area contributed by atoms with Gasteiger partial charge in [-0.1, -0.05) is 29.8 Å². The first-order chi connectivity index (χ1) is 17.9. The smallest absolute Gasteiger partial charge is 0.226 e. The van der Waals surface area contributed by atoms with E-state index in [1.165, 1.54) is 0 Å². The molecule has 1 aliphatic heterocycles. The molecule has 3 aromatic heterocycles. The molecule has 1 fully saturated rings. The van der Waals surface area contributed by atoms with Crippen molar-refractivity contribution in [2.45, 2.75) is 39.3 Å². The lowest BCUT2D eigenvalue weighted by Crippen LogP contribution is -2.32. The zero-order valence-corrected chi connectivity index (χ0v) is 22.0. The first-order valence-corrected chi connectivity index (χ1v) is 12.8. The highest BCUT2D eigenvalue weighted by Gasteiger charge is 2.41. The van der Waals surface area contributed by atoms with E-state index in [0.717, 1.165) is 39.7 Å². The molecular weight excluding hydrogens is 480 g/mol. The van der Waals surface area contributed by atoms with E-state index in [1.54, 1.807) is 12.4 Å². The van der Waals surface area contributed by atoms with Crippen LogP contribution in [0.3, 0.4) is 0 Å². The van der Waals surface area contributed by atoms with E-state index in [9.17, 15) is 4.79 Å². The fraction of sp³-hybridized carbons (Fsp3) is 0.241. The minimum absolute atomic E-state index is 0.0503. The zero-order chi connectivity index (χ0) is 25.9. The lowest BCUT2D eigenvalue weighted by atomic mass is 9.96. The summed E-state index contributed by atoms with van der Waals surface area (Å²) in [5.74, 6) is 0.821. The van der Waals surface area contributed by atoms with Crippen molar-refractivity contribution in [1.29, 1.82) is 0 Å². The van der Waals surface area contributed by atoms with Crippen LogP contribution in [0, 0.1) is 20.8 Å². The molecule has 7 nitrogen and oxygen atoms in total. The number of nitrogens with one attached hydrogen (secondary N) is 2. The second kappa shape index (κ2) is 10.5. The predicted molar refractivity (Wildman–Crippen MR) is 150 cm³/mol. The molecule has 4 heterocycles. The molecule has 4 aromatic rings. The highest BCUT2D eigenvalue weighted by Crippen LogP contribution is 2.41. The maximum absolute atomic E-state index is 12.8. The lowest BCUT2D eigenvalue weighted by Gasteiger charge is -2.28. The Kier molecular flexibility index (Phi) is 7.01. The average molecular weight is 511 g/mol. The summed E-state index contributed by atoms with van der Waals surface area (Å²) < 4.78 is 2.16. The molecule has 0 aliphatic carbocycles. The van der Waals surface area contributed by atoms with Crippen molar-refractivity contribution in [3.63, 3.8) is 0 Å². The number of hydrogen-bond acceptors (Lipinski definition) is 4. The Balaban J connectivity index is 1.45. The molecule has 8 heteroatoms. The second-order valence-electron chi connectivity index (χ2n) is 9.33. The number of aryl methyl sites for hydroxylation is 2. The van der Waals surface area contributed by atoms with Crippen molar-refractivity contribution in [3.8, 4) is 5.82 Å². The maximum atomic E-state index is 12.8. The van der Waals surface area contributed by atoms with Crippen LogP contribution in [0.4, 0.5) is 5.69 Å². The summed E-state index contributed by atoms with van der Waals surface area (Å²) in [6.45, 7) is 6.69. The molecule has 0 spiro atoms. The number of carbonyl (C=O) groups is 1. The van der Waals surface area contributed by atoms with Crippen LogP contribution in [0.25, 0.3) is 5.82 Å². The van der Waals surface area contributed by atoms with Gasteiger partial charge in [-0.05, 0) is 81.0 Å². The van der Waals surface area contributed by atoms with Gasteiger partial charge in [0.15, 0.2) is 5.11 Å². The highest BCUT2D eigenvalue weighted by molar-refractivity contribution is 7.80. The van der Waals surface area contributed by atoms with Crippen LogP contribution in [0.5, 0.6) is 0 Å². The van der Waals surface area contributed by atoms with Crippen molar-refractivity contribution >= 4 is 28.9 Å². The molecule has 0 saturated carbocycles. The second-order valence-corrected chi connectivity index (χ2v) is 9.72. The molecule has 0 bridgehead atoms. The van der Waals surface area contributed by atoms with E-state index in [4.69, 9.17) is 12.2 Å². The van der Waals surface area contributed by atoms with Crippen LogP contribution in [0.2, 0.25) is 0 Å². The van der Waals surface area contributed by atoms with Gasteiger partial charge in [-0.25, -0.2) is 4.98 Å². The monoisotopic (exact) mass is 510 g/mol. The normalized spacial score (nSPS) is 17.1. The molecule has 2 atom stereocenters. The molecule has 2 N–H and O–H groups in total. The first-order valence-electron chi connectivity index (χ1n) is 12.4. The summed E-state index contributed by atoms with van der Waals surface area (Å²) in [5.41, 5.74) is 6.15. The molecule has 0 radical (unpaired) electrons. The number of benzene rings is 1. The number of nitrogens with zero attached hydrogens (tertiary/aromatic N) is 4. The van der Waals surface area contributed by atoms with Gasteiger partial charge in [0, 0.05) is 42.4 Å². The Morgan fingerprint density at radius 2 is 1.73 bits per heavy atom. The maximum Gasteiger partial charge on any atom is 0.226 e. The summed E-state index contributed by atoms with van der Waals surface area (Å²) in [6, 6.07) is 21.5. The summed E-state index contributed by atoms with van der Waals surface area (Å²) in [5, 5.41) is 7.10. The van der Waals surface area contributed by atoms with Crippen LogP contribution in [-0.4, -0.2) is 37.0 Å². The highest BCUT2D eigenvalue weighted by atomic mass is 32.1. The summed E-state index contributed by atoms with van der Waals surface area (Å²) in [7, 11) is 0. The number of thiocarbonyl (C=S) groups is 1. The Labute approximate surface area is 222 Å². The largest absolute Gasteiger partial charge is 0.352 e. The molecule has 188 valence electrons. The molecule has 1 saturated heterocycles. The minimum Gasteiger partial charge on any atom is -0.352 e. The predicted octanol–water partition coefficient (Wildman–Crippen LogP) is 5.19. The lowest BCUT2D eigenvalue weighted by molar-refractivity contribution is -0.116. The summed E-state index contributed by atoms with van der Waals surface area (Å²) in [6.07, 6.45) is 3.90. The third kappa shape index (κ3) is 5.11. The van der Waals surface area contributed by atoms with E-state index in [0.29, 0.717) is 18.1 Å². The van der Waals surface area contributed by atoms with E-state index in [2.05, 4.69) is 50.0 Å². The standard InChI is InChI=1S/C29H30N6OS/c1-19-10-12-22(13-11-19)32-26(36)14-17-34-28(27(33-29(34)37)24-8-4-6-15-30-24)23-18-20(2)35(21(23)3)25-9-5-7-16-31-25/h4-13,15-16,18,27-28H,14,17H2,1-3H3,(H,32,36)(H,33,37)/t27-,28-/m0/s1. The average Bonchev–Trinajstić information content (AvgIpc) is 3.39. The molecule has 37 heavy (non-hydrogen) atoms. The van der Waals surface area contributed by atoms with Crippen molar-refractivity contribution in [3.05, 3.63) is 107 Å². The van der Waals surface area contributed by atoms with Crippen molar-refractivity contribution < 1.29 is 4.79 Å². The van der Waals surface area contributed by atoms with Gasteiger partial charge in [0.05, 0.1) is 17.8 Å². The van der Waals surface area contributed by atoms with Crippen molar-refractivity contribution in [2.24, 2.45) is 0 Å². The fourth-order valence-corrected chi connectivity index (χ4v) is 5.32. The molecule has 1 aromatic carbocycles. The topological polar surface area (TPSA) is 75.1 Å². The number of amides is 1. The summed E-state index contributed by atoms with van der Waals surface area (Å²) in [4.78, 5) is 24.2. The van der Waals surface area contributed by atoms with E-state index < -0.39 is 0 Å². The summed E-state index contributed by atoms with van der Waals surface area (Å²) >= 11 is 5.80. The third-order valence-corrected chi connectivity index (χ3v) is 7.13. The van der Waals surface area contributed by atoms with Gasteiger partial charge in [0.2, 0.25) is 5.91 Å². The Morgan fingerprint density at radius 1 is 1.00 bits per heavy atom. The van der Waals surface area contributed by atoms with Crippen LogP contribution in [-0.2, 0) is 4.79 Å². The first kappa shape index (κ1) is 24.6. The van der Waals surface area contributed by atoms with Gasteiger partial charge in [-0.15, -0.1) is 0 Å². The molecule has 5 rings (SSSR count). The minimum atomic E-state index is -0.147. The molecule has 1 amide bonds. The van der Waals surface area contributed by atoms with E-state index >= 15 is 0 Å². The van der Waals surface area contributed by atoms with Gasteiger partial charge in [-0.3, -0.25) is 9.78 Å². The number of carbonyl (C=O) groups excluding carboxylic acids is 1. The van der Waals surface area contributed by atoms with Crippen LogP contribution < -0.4 is 10.6 Å². The zero-order valence-electron chi connectivity index (χ0n) is 21.2. The Hall–Kier alpha value is -4.04. The van der Waals surface area contributed by atoms with Crippen LogP contribution in [0.1, 0.15) is 46.7 Å². The van der Waals surface area contributed by atoms with Gasteiger partial charge >= 0.3 is 0 Å². The van der Waals surface area contributed by atoms with Gasteiger partial charge < -0.3 is 20.1 Å². The molecule has 0 unspecified atom stereocenters. The number of pyridine rings is 2. The molecular formula is C29H30N6OS. The number of anilines is 1. The number of hydrogen-bond donors (Lipinski definition) is 2. The Bertz CT molecular complexity index is 1400. The molecule has 1 aliphatic rings. The van der Waals surface area contributed by atoms with E-state index in [1.807, 2.05) is 67.6 Å². The van der Waals surface area contributed by atoms with Crippen LogP contribution in [0.15, 0.2) is 79.1 Å². The van der Waals surface area contributed by atoms with E-state index in [-0.39, 0.29) is 18.0 Å². The third-order valence-electron chi connectivity index (χ3n) is 6.78. The number of aromatic nitrogens is 3. The quantitative estimate of drug-likeness (QED) is 0.333. The number of rotatable bonds is 7. The van der Waals surface area contributed by atoms with Gasteiger partial charge in [0.25, 0.3) is 0 Å². The van der Waals surface area contributed by atoms with Gasteiger partial charge in [-0.2, -0.15) is 0 Å². The van der Waals surface area contributed by atoms with Crippen molar-refractivity contribution in [2.75, 3.05) is 11.9 Å². The van der Waals surface area contributed by atoms with Crippen LogP contribution >= 0.6 is 12.2 Å². The fourth-order valence-electron chi connectivity index (χ4n) is 4.99. The SMILES string of the molecule is Cc1ccc(NC(=O)CCN2C(=S)N[C@@H](c3ccccn3)[C@@H]2c2cc(C)n(-c3ccccn3)c2C)cc1. The van der Waals surface area contributed by atoms with Gasteiger partial charge in [0.1, 0.15) is 5.82 Å². The Morgan fingerprint density at radius 3 is 2.41 bits per heavy atom. The van der Waals surface area contributed by atoms with Crippen molar-refractivity contribution in [1.82, 2.24) is 24.8 Å².